The topological polar surface area (TPSA) is 47.3 Å². The van der Waals surface area contributed by atoms with Crippen molar-refractivity contribution in [2.75, 3.05) is 6.54 Å². The second-order valence-corrected chi connectivity index (χ2v) is 5.52. The van der Waals surface area contributed by atoms with Crippen LogP contribution in [0.2, 0.25) is 0 Å². The standard InChI is InChI=1S/C14H24N2O/c1-2-11(10-15)16-9-4-3-7-13(16)12-6-5-8-14(12)17/h11-14,17H,2-9H2,1H3. The highest BCUT2D eigenvalue weighted by Gasteiger charge is 2.38. The Balaban J connectivity index is 2.09. The van der Waals surface area contributed by atoms with Crippen LogP contribution >= 0.6 is 0 Å². The predicted octanol–water partition coefficient (Wildman–Crippen LogP) is 2.30. The third kappa shape index (κ3) is 2.64. The highest BCUT2D eigenvalue weighted by Crippen LogP contribution is 2.36. The summed E-state index contributed by atoms with van der Waals surface area (Å²) in [5.74, 6) is 0.415. The van der Waals surface area contributed by atoms with Crippen LogP contribution in [0.4, 0.5) is 0 Å². The molecule has 1 heterocycles. The van der Waals surface area contributed by atoms with E-state index in [1.807, 2.05) is 0 Å². The summed E-state index contributed by atoms with van der Waals surface area (Å²) in [6.45, 7) is 3.13. The first-order valence-corrected chi connectivity index (χ1v) is 7.11. The Kier molecular flexibility index (Phi) is 4.42. The lowest BCUT2D eigenvalue weighted by atomic mass is 9.86. The summed E-state index contributed by atoms with van der Waals surface area (Å²) in [5, 5.41) is 19.3. The van der Waals surface area contributed by atoms with Crippen LogP contribution in [0.25, 0.3) is 0 Å². The van der Waals surface area contributed by atoms with Crippen LogP contribution in [0.1, 0.15) is 51.9 Å². The van der Waals surface area contributed by atoms with Crippen LogP contribution in [0.5, 0.6) is 0 Å². The second-order valence-electron chi connectivity index (χ2n) is 5.52. The lowest BCUT2D eigenvalue weighted by Crippen LogP contribution is -2.50. The third-order valence-electron chi connectivity index (χ3n) is 4.55. The van der Waals surface area contributed by atoms with Crippen LogP contribution in [0, 0.1) is 17.2 Å². The molecule has 0 spiro atoms. The van der Waals surface area contributed by atoms with Crippen molar-refractivity contribution in [1.29, 1.82) is 5.26 Å². The number of hydrogen-bond acceptors (Lipinski definition) is 3. The summed E-state index contributed by atoms with van der Waals surface area (Å²) >= 11 is 0. The highest BCUT2D eigenvalue weighted by molar-refractivity contribution is 4.98. The van der Waals surface area contributed by atoms with Crippen molar-refractivity contribution in [3.63, 3.8) is 0 Å². The van der Waals surface area contributed by atoms with E-state index in [0.717, 1.165) is 32.2 Å². The van der Waals surface area contributed by atoms with Crippen molar-refractivity contribution < 1.29 is 5.11 Å². The van der Waals surface area contributed by atoms with E-state index in [2.05, 4.69) is 17.9 Å². The molecular weight excluding hydrogens is 212 g/mol. The molecule has 1 saturated heterocycles. The fourth-order valence-corrected chi connectivity index (χ4v) is 3.64. The number of nitriles is 1. The average Bonchev–Trinajstić information content (AvgIpc) is 2.78. The molecule has 0 radical (unpaired) electrons. The van der Waals surface area contributed by atoms with Crippen molar-refractivity contribution >= 4 is 0 Å². The largest absolute Gasteiger partial charge is 0.393 e. The molecule has 0 aromatic rings. The quantitative estimate of drug-likeness (QED) is 0.818. The third-order valence-corrected chi connectivity index (χ3v) is 4.55. The van der Waals surface area contributed by atoms with Gasteiger partial charge < -0.3 is 5.11 Å². The average molecular weight is 236 g/mol. The molecule has 1 saturated carbocycles. The summed E-state index contributed by atoms with van der Waals surface area (Å²) in [6, 6.07) is 2.93. The van der Waals surface area contributed by atoms with E-state index >= 15 is 0 Å². The molecule has 0 amide bonds. The van der Waals surface area contributed by atoms with Crippen LogP contribution in [0.3, 0.4) is 0 Å². The molecule has 17 heavy (non-hydrogen) atoms. The summed E-state index contributed by atoms with van der Waals surface area (Å²) in [4.78, 5) is 2.38. The number of rotatable bonds is 3. The SMILES string of the molecule is CCC(C#N)N1CCCCC1C1CCCC1O. The lowest BCUT2D eigenvalue weighted by molar-refractivity contribution is 0.0224. The van der Waals surface area contributed by atoms with E-state index < -0.39 is 0 Å². The zero-order valence-electron chi connectivity index (χ0n) is 10.8. The van der Waals surface area contributed by atoms with Gasteiger partial charge in [0.2, 0.25) is 0 Å². The number of hydrogen-bond donors (Lipinski definition) is 1. The minimum Gasteiger partial charge on any atom is -0.393 e. The first kappa shape index (κ1) is 12.9. The van der Waals surface area contributed by atoms with Crippen molar-refractivity contribution in [2.45, 2.75) is 70.1 Å². The van der Waals surface area contributed by atoms with Gasteiger partial charge in [0.25, 0.3) is 0 Å². The monoisotopic (exact) mass is 236 g/mol. The van der Waals surface area contributed by atoms with Gasteiger partial charge >= 0.3 is 0 Å². The molecule has 2 rings (SSSR count). The van der Waals surface area contributed by atoms with Crippen molar-refractivity contribution in [1.82, 2.24) is 4.90 Å². The van der Waals surface area contributed by atoms with E-state index in [9.17, 15) is 10.4 Å². The molecule has 1 aliphatic heterocycles. The minimum atomic E-state index is -0.128. The van der Waals surface area contributed by atoms with Gasteiger partial charge in [-0.1, -0.05) is 19.8 Å². The molecule has 1 aliphatic carbocycles. The number of aliphatic hydroxyl groups excluding tert-OH is 1. The number of aliphatic hydroxyl groups is 1. The van der Waals surface area contributed by atoms with Gasteiger partial charge in [0, 0.05) is 12.0 Å². The molecular formula is C14H24N2O. The Morgan fingerprint density at radius 2 is 2.12 bits per heavy atom. The lowest BCUT2D eigenvalue weighted by Gasteiger charge is -2.42. The summed E-state index contributed by atoms with van der Waals surface area (Å²) < 4.78 is 0. The molecule has 4 unspecified atom stereocenters. The normalized spacial score (nSPS) is 36.6. The Morgan fingerprint density at radius 1 is 1.29 bits per heavy atom. The number of nitrogens with zero attached hydrogens (tertiary/aromatic N) is 2. The second kappa shape index (κ2) is 5.84. The maximum absolute atomic E-state index is 10.1. The molecule has 0 aromatic carbocycles. The summed E-state index contributed by atoms with van der Waals surface area (Å²) in [5.41, 5.74) is 0. The molecule has 2 aliphatic rings. The molecule has 1 N–H and O–H groups in total. The Labute approximate surface area is 104 Å². The minimum absolute atomic E-state index is 0.0492. The number of piperidine rings is 1. The molecule has 2 fully saturated rings. The first-order chi connectivity index (χ1) is 8.27. The van der Waals surface area contributed by atoms with Crippen molar-refractivity contribution in [2.24, 2.45) is 5.92 Å². The molecule has 96 valence electrons. The van der Waals surface area contributed by atoms with Crippen LogP contribution in [-0.2, 0) is 0 Å². The maximum Gasteiger partial charge on any atom is 0.0977 e. The van der Waals surface area contributed by atoms with E-state index in [1.165, 1.54) is 19.3 Å². The van der Waals surface area contributed by atoms with Gasteiger partial charge in [-0.25, -0.2) is 0 Å². The molecule has 3 nitrogen and oxygen atoms in total. The number of likely N-dealkylation sites (tertiary alicyclic amines) is 1. The van der Waals surface area contributed by atoms with Gasteiger partial charge in [-0.2, -0.15) is 5.26 Å². The predicted molar refractivity (Wildman–Crippen MR) is 67.4 cm³/mol. The van der Waals surface area contributed by atoms with Crippen LogP contribution in [-0.4, -0.2) is 34.7 Å². The Hall–Kier alpha value is -0.590. The summed E-state index contributed by atoms with van der Waals surface area (Å²) in [6.07, 6.45) is 7.65. The van der Waals surface area contributed by atoms with Crippen molar-refractivity contribution in [3.05, 3.63) is 0 Å². The Bertz CT molecular complexity index is 286. The molecule has 3 heteroatoms. The van der Waals surface area contributed by atoms with E-state index in [-0.39, 0.29) is 12.1 Å². The molecule has 0 aromatic heterocycles. The fraction of sp³-hybridized carbons (Fsp3) is 0.929. The van der Waals surface area contributed by atoms with E-state index in [1.54, 1.807) is 0 Å². The summed E-state index contributed by atoms with van der Waals surface area (Å²) in [7, 11) is 0. The fourth-order valence-electron chi connectivity index (χ4n) is 3.64. The van der Waals surface area contributed by atoms with Gasteiger partial charge in [-0.15, -0.1) is 0 Å². The zero-order chi connectivity index (χ0) is 12.3. The van der Waals surface area contributed by atoms with Gasteiger partial charge in [0.05, 0.1) is 18.2 Å². The first-order valence-electron chi connectivity index (χ1n) is 7.11. The van der Waals surface area contributed by atoms with E-state index in [0.29, 0.717) is 12.0 Å². The van der Waals surface area contributed by atoms with Gasteiger partial charge in [0.1, 0.15) is 0 Å². The maximum atomic E-state index is 10.1. The van der Waals surface area contributed by atoms with E-state index in [4.69, 9.17) is 0 Å². The van der Waals surface area contributed by atoms with Crippen LogP contribution < -0.4 is 0 Å². The highest BCUT2D eigenvalue weighted by atomic mass is 16.3. The van der Waals surface area contributed by atoms with Crippen LogP contribution in [0.15, 0.2) is 0 Å². The van der Waals surface area contributed by atoms with Gasteiger partial charge in [-0.05, 0) is 38.6 Å². The molecule has 0 bridgehead atoms. The van der Waals surface area contributed by atoms with Crippen molar-refractivity contribution in [3.8, 4) is 6.07 Å². The smallest absolute Gasteiger partial charge is 0.0977 e. The van der Waals surface area contributed by atoms with Gasteiger partial charge in [0.15, 0.2) is 0 Å². The zero-order valence-corrected chi connectivity index (χ0v) is 10.8. The molecule has 4 atom stereocenters. The van der Waals surface area contributed by atoms with Gasteiger partial charge in [-0.3, -0.25) is 4.90 Å². The Morgan fingerprint density at radius 3 is 2.71 bits per heavy atom.